The standard InChI is InChI=1S/C12H18FNS/c1-12(2,13)9-15-11-5-3-4-10(8-11)6-7-14/h3-5,8H,6-7,9,14H2,1-2H3. The fraction of sp³-hybridized carbons (Fsp3) is 0.500. The summed E-state index contributed by atoms with van der Waals surface area (Å²) in [6.45, 7) is 3.86. The van der Waals surface area contributed by atoms with Crippen LogP contribution in [0.5, 0.6) is 0 Å². The van der Waals surface area contributed by atoms with Crippen LogP contribution in [0.25, 0.3) is 0 Å². The van der Waals surface area contributed by atoms with Crippen LogP contribution >= 0.6 is 11.8 Å². The highest BCUT2D eigenvalue weighted by Gasteiger charge is 2.15. The van der Waals surface area contributed by atoms with Gasteiger partial charge in [-0.25, -0.2) is 4.39 Å². The summed E-state index contributed by atoms with van der Waals surface area (Å²) in [5.74, 6) is 0.485. The molecule has 0 spiro atoms. The molecule has 0 saturated carbocycles. The van der Waals surface area contributed by atoms with Gasteiger partial charge in [0.15, 0.2) is 0 Å². The molecule has 0 aromatic heterocycles. The highest BCUT2D eigenvalue weighted by Crippen LogP contribution is 2.25. The predicted molar refractivity (Wildman–Crippen MR) is 65.1 cm³/mol. The van der Waals surface area contributed by atoms with E-state index in [0.29, 0.717) is 12.3 Å². The molecule has 0 saturated heterocycles. The lowest BCUT2D eigenvalue weighted by molar-refractivity contribution is 0.253. The summed E-state index contributed by atoms with van der Waals surface area (Å²) in [6.07, 6.45) is 0.882. The molecule has 0 atom stereocenters. The van der Waals surface area contributed by atoms with Gasteiger partial charge in [0.1, 0.15) is 5.67 Å². The lowest BCUT2D eigenvalue weighted by atomic mass is 10.2. The zero-order valence-corrected chi connectivity index (χ0v) is 10.1. The molecule has 0 unspecified atom stereocenters. The first kappa shape index (κ1) is 12.5. The molecule has 0 aliphatic carbocycles. The van der Waals surface area contributed by atoms with Crippen LogP contribution in [0.3, 0.4) is 0 Å². The molecule has 0 amide bonds. The van der Waals surface area contributed by atoms with Crippen molar-refractivity contribution in [3.63, 3.8) is 0 Å². The van der Waals surface area contributed by atoms with Gasteiger partial charge in [0, 0.05) is 10.6 Å². The molecule has 84 valence electrons. The molecule has 15 heavy (non-hydrogen) atoms. The molecular formula is C12H18FNS. The normalized spacial score (nSPS) is 11.7. The largest absolute Gasteiger partial charge is 0.330 e. The lowest BCUT2D eigenvalue weighted by Gasteiger charge is -2.13. The second-order valence-corrected chi connectivity index (χ2v) is 5.24. The smallest absolute Gasteiger partial charge is 0.114 e. The monoisotopic (exact) mass is 227 g/mol. The van der Waals surface area contributed by atoms with Gasteiger partial charge in [-0.05, 0) is 44.5 Å². The van der Waals surface area contributed by atoms with Crippen LogP contribution < -0.4 is 5.73 Å². The molecule has 0 aliphatic heterocycles. The number of hydrogen-bond donors (Lipinski definition) is 1. The van der Waals surface area contributed by atoms with Gasteiger partial charge < -0.3 is 5.73 Å². The number of thioether (sulfide) groups is 1. The molecule has 0 radical (unpaired) electrons. The summed E-state index contributed by atoms with van der Waals surface area (Å²) in [5.41, 5.74) is 5.59. The quantitative estimate of drug-likeness (QED) is 0.782. The van der Waals surface area contributed by atoms with Crippen molar-refractivity contribution in [3.8, 4) is 0 Å². The topological polar surface area (TPSA) is 26.0 Å². The molecule has 1 nitrogen and oxygen atoms in total. The Morgan fingerprint density at radius 2 is 2.13 bits per heavy atom. The highest BCUT2D eigenvalue weighted by atomic mass is 32.2. The van der Waals surface area contributed by atoms with E-state index in [1.807, 2.05) is 12.1 Å². The van der Waals surface area contributed by atoms with Gasteiger partial charge >= 0.3 is 0 Å². The van der Waals surface area contributed by atoms with Crippen LogP contribution in [0.1, 0.15) is 19.4 Å². The summed E-state index contributed by atoms with van der Waals surface area (Å²) in [5, 5.41) is 0. The lowest BCUT2D eigenvalue weighted by Crippen LogP contribution is -2.14. The van der Waals surface area contributed by atoms with Crippen LogP contribution in [0, 0.1) is 0 Å². The van der Waals surface area contributed by atoms with E-state index in [1.54, 1.807) is 25.6 Å². The molecule has 3 heteroatoms. The van der Waals surface area contributed by atoms with Crippen molar-refractivity contribution in [2.24, 2.45) is 5.73 Å². The minimum atomic E-state index is -1.12. The minimum absolute atomic E-state index is 0.485. The molecule has 1 aromatic rings. The zero-order chi connectivity index (χ0) is 11.3. The van der Waals surface area contributed by atoms with Crippen LogP contribution in [0.4, 0.5) is 4.39 Å². The predicted octanol–water partition coefficient (Wildman–Crippen LogP) is 3.03. The Kier molecular flexibility index (Phi) is 4.61. The van der Waals surface area contributed by atoms with E-state index in [-0.39, 0.29) is 0 Å². The van der Waals surface area contributed by atoms with Crippen molar-refractivity contribution in [3.05, 3.63) is 29.8 Å². The van der Waals surface area contributed by atoms with E-state index in [4.69, 9.17) is 5.73 Å². The fourth-order valence-corrected chi connectivity index (χ4v) is 2.13. The van der Waals surface area contributed by atoms with Crippen molar-refractivity contribution >= 4 is 11.8 Å². The molecule has 1 rings (SSSR count). The Morgan fingerprint density at radius 1 is 1.40 bits per heavy atom. The van der Waals surface area contributed by atoms with E-state index in [9.17, 15) is 4.39 Å². The summed E-state index contributed by atoms with van der Waals surface area (Å²) in [4.78, 5) is 1.12. The summed E-state index contributed by atoms with van der Waals surface area (Å²) in [7, 11) is 0. The maximum absolute atomic E-state index is 13.3. The van der Waals surface area contributed by atoms with E-state index in [2.05, 4.69) is 12.1 Å². The molecule has 0 fully saturated rings. The van der Waals surface area contributed by atoms with E-state index in [0.717, 1.165) is 11.3 Å². The molecule has 1 aromatic carbocycles. The van der Waals surface area contributed by atoms with Crippen molar-refractivity contribution in [1.82, 2.24) is 0 Å². The second-order valence-electron chi connectivity index (χ2n) is 4.19. The highest BCUT2D eigenvalue weighted by molar-refractivity contribution is 7.99. The van der Waals surface area contributed by atoms with Crippen molar-refractivity contribution in [1.29, 1.82) is 0 Å². The third-order valence-corrected chi connectivity index (χ3v) is 3.33. The summed E-state index contributed by atoms with van der Waals surface area (Å²) >= 11 is 1.55. The Balaban J connectivity index is 2.57. The molecule has 2 N–H and O–H groups in total. The van der Waals surface area contributed by atoms with Gasteiger partial charge in [0.05, 0.1) is 0 Å². The second kappa shape index (κ2) is 5.52. The van der Waals surface area contributed by atoms with Crippen LogP contribution in [-0.4, -0.2) is 18.0 Å². The Labute approximate surface area is 95.2 Å². The minimum Gasteiger partial charge on any atom is -0.330 e. The summed E-state index contributed by atoms with van der Waals surface area (Å²) < 4.78 is 13.3. The Hall–Kier alpha value is -0.540. The van der Waals surface area contributed by atoms with Gasteiger partial charge in [0.2, 0.25) is 0 Å². The van der Waals surface area contributed by atoms with Gasteiger partial charge in [-0.1, -0.05) is 12.1 Å². The maximum atomic E-state index is 13.3. The molecule has 0 heterocycles. The molecular weight excluding hydrogens is 209 g/mol. The fourth-order valence-electron chi connectivity index (χ4n) is 1.21. The number of alkyl halides is 1. The number of rotatable bonds is 5. The summed E-state index contributed by atoms with van der Waals surface area (Å²) in [6, 6.07) is 8.15. The van der Waals surface area contributed by atoms with E-state index in [1.165, 1.54) is 5.56 Å². The number of nitrogens with two attached hydrogens (primary N) is 1. The number of hydrogen-bond acceptors (Lipinski definition) is 2. The van der Waals surface area contributed by atoms with Crippen molar-refractivity contribution in [2.45, 2.75) is 30.8 Å². The van der Waals surface area contributed by atoms with Crippen molar-refractivity contribution < 1.29 is 4.39 Å². The van der Waals surface area contributed by atoms with Gasteiger partial charge in [0.25, 0.3) is 0 Å². The molecule has 0 aliphatic rings. The van der Waals surface area contributed by atoms with E-state index < -0.39 is 5.67 Å². The van der Waals surface area contributed by atoms with Gasteiger partial charge in [-0.15, -0.1) is 11.8 Å². The average molecular weight is 227 g/mol. The first-order valence-electron chi connectivity index (χ1n) is 5.12. The van der Waals surface area contributed by atoms with Crippen LogP contribution in [0.2, 0.25) is 0 Å². The molecule has 0 bridgehead atoms. The third-order valence-electron chi connectivity index (χ3n) is 1.91. The van der Waals surface area contributed by atoms with Gasteiger partial charge in [-0.2, -0.15) is 0 Å². The first-order valence-corrected chi connectivity index (χ1v) is 6.10. The van der Waals surface area contributed by atoms with Gasteiger partial charge in [-0.3, -0.25) is 0 Å². The van der Waals surface area contributed by atoms with Crippen molar-refractivity contribution in [2.75, 3.05) is 12.3 Å². The Morgan fingerprint density at radius 3 is 2.73 bits per heavy atom. The maximum Gasteiger partial charge on any atom is 0.114 e. The zero-order valence-electron chi connectivity index (χ0n) is 9.29. The SMILES string of the molecule is CC(C)(F)CSc1cccc(CCN)c1. The van der Waals surface area contributed by atoms with E-state index >= 15 is 0 Å². The Bertz CT molecular complexity index is 307. The van der Waals surface area contributed by atoms with Crippen LogP contribution in [-0.2, 0) is 6.42 Å². The number of halogens is 1. The van der Waals surface area contributed by atoms with Crippen LogP contribution in [0.15, 0.2) is 29.2 Å². The number of benzene rings is 1. The third kappa shape index (κ3) is 5.19. The first-order chi connectivity index (χ1) is 7.01. The average Bonchev–Trinajstić information content (AvgIpc) is 2.15.